The Balaban J connectivity index is 2.08. The van der Waals surface area contributed by atoms with E-state index in [4.69, 9.17) is 9.47 Å². The van der Waals surface area contributed by atoms with Crippen molar-refractivity contribution in [2.24, 2.45) is 5.41 Å². The summed E-state index contributed by atoms with van der Waals surface area (Å²) < 4.78 is 10.1. The Kier molecular flexibility index (Phi) is 4.96. The third-order valence-corrected chi connectivity index (χ3v) is 3.57. The monoisotopic (exact) mass is 291 g/mol. The van der Waals surface area contributed by atoms with Crippen LogP contribution in [-0.4, -0.2) is 31.7 Å². The summed E-state index contributed by atoms with van der Waals surface area (Å²) in [6, 6.07) is 9.07. The molecule has 0 aliphatic carbocycles. The number of hydrogen-bond acceptors (Lipinski definition) is 4. The molecule has 1 aromatic carbocycles. The molecule has 0 radical (unpaired) electrons. The van der Waals surface area contributed by atoms with Gasteiger partial charge < -0.3 is 14.8 Å². The minimum Gasteiger partial charge on any atom is -0.466 e. The fourth-order valence-corrected chi connectivity index (χ4v) is 2.20. The minimum atomic E-state index is -0.498. The lowest BCUT2D eigenvalue weighted by atomic mass is 9.87. The molecule has 0 aromatic heterocycles. The van der Waals surface area contributed by atoms with Crippen LogP contribution < -0.4 is 5.32 Å². The molecule has 0 bridgehead atoms. The number of esters is 1. The molecule has 1 fully saturated rings. The highest BCUT2D eigenvalue weighted by Gasteiger charge is 2.42. The molecular weight excluding hydrogens is 270 g/mol. The van der Waals surface area contributed by atoms with Crippen LogP contribution in [0.2, 0.25) is 0 Å². The van der Waals surface area contributed by atoms with Crippen LogP contribution in [0.25, 0.3) is 0 Å². The van der Waals surface area contributed by atoms with Gasteiger partial charge >= 0.3 is 5.97 Å². The van der Waals surface area contributed by atoms with E-state index in [2.05, 4.69) is 5.32 Å². The first-order valence-corrected chi connectivity index (χ1v) is 7.14. The van der Waals surface area contributed by atoms with Crippen LogP contribution >= 0.6 is 0 Å². The number of hydrogen-bond donors (Lipinski definition) is 1. The van der Waals surface area contributed by atoms with E-state index < -0.39 is 5.41 Å². The molecule has 1 heterocycles. The van der Waals surface area contributed by atoms with Crippen molar-refractivity contribution in [1.29, 1.82) is 0 Å². The molecule has 1 aliphatic rings. The minimum absolute atomic E-state index is 0.0908. The van der Waals surface area contributed by atoms with Crippen LogP contribution in [0.3, 0.4) is 0 Å². The molecule has 0 saturated carbocycles. The van der Waals surface area contributed by atoms with Crippen molar-refractivity contribution in [2.75, 3.05) is 19.8 Å². The van der Waals surface area contributed by atoms with Gasteiger partial charge in [0.2, 0.25) is 5.91 Å². The normalized spacial score (nSPS) is 17.4. The summed E-state index contributed by atoms with van der Waals surface area (Å²) >= 11 is 0. The predicted octanol–water partition coefficient (Wildman–Crippen LogP) is 1.83. The van der Waals surface area contributed by atoms with Crippen LogP contribution in [-0.2, 0) is 19.1 Å². The van der Waals surface area contributed by atoms with Gasteiger partial charge in [0.1, 0.15) is 0 Å². The van der Waals surface area contributed by atoms with Crippen LogP contribution in [0.4, 0.5) is 0 Å². The Bertz CT molecular complexity index is 496. The molecule has 5 heteroatoms. The molecule has 0 spiro atoms. The highest BCUT2D eigenvalue weighted by atomic mass is 16.5. The lowest BCUT2D eigenvalue weighted by Gasteiger charge is -2.37. The molecule has 114 valence electrons. The number of benzene rings is 1. The highest BCUT2D eigenvalue weighted by Crippen LogP contribution is 2.28. The molecule has 2 rings (SSSR count). The van der Waals surface area contributed by atoms with Crippen molar-refractivity contribution in [2.45, 2.75) is 26.3 Å². The maximum absolute atomic E-state index is 12.3. The number of amides is 1. The first-order chi connectivity index (χ1) is 10.0. The summed E-state index contributed by atoms with van der Waals surface area (Å²) in [6.45, 7) is 4.79. The molecule has 1 aliphatic heterocycles. The molecule has 1 unspecified atom stereocenters. The third-order valence-electron chi connectivity index (χ3n) is 3.57. The number of carbonyl (C=O) groups excluding carboxylic acids is 2. The van der Waals surface area contributed by atoms with Crippen molar-refractivity contribution >= 4 is 11.9 Å². The van der Waals surface area contributed by atoms with E-state index in [1.807, 2.05) is 37.3 Å². The van der Waals surface area contributed by atoms with Crippen molar-refractivity contribution in [1.82, 2.24) is 5.32 Å². The Morgan fingerprint density at radius 2 is 2.00 bits per heavy atom. The van der Waals surface area contributed by atoms with Crippen LogP contribution in [0.5, 0.6) is 0 Å². The van der Waals surface area contributed by atoms with Gasteiger partial charge in [-0.15, -0.1) is 0 Å². The smallest absolute Gasteiger partial charge is 0.308 e. The van der Waals surface area contributed by atoms with Gasteiger partial charge in [0.05, 0.1) is 37.7 Å². The molecule has 1 amide bonds. The van der Waals surface area contributed by atoms with Gasteiger partial charge in [0.15, 0.2) is 0 Å². The zero-order chi connectivity index (χ0) is 15.3. The van der Waals surface area contributed by atoms with Gasteiger partial charge in [-0.2, -0.15) is 0 Å². The van der Waals surface area contributed by atoms with Gasteiger partial charge in [0, 0.05) is 0 Å². The maximum Gasteiger partial charge on any atom is 0.308 e. The fraction of sp³-hybridized carbons (Fsp3) is 0.500. The number of ether oxygens (including phenoxy) is 2. The lowest BCUT2D eigenvalue weighted by Crippen LogP contribution is -2.52. The quantitative estimate of drug-likeness (QED) is 0.812. The Morgan fingerprint density at radius 1 is 1.33 bits per heavy atom. The summed E-state index contributed by atoms with van der Waals surface area (Å²) in [4.78, 5) is 24.1. The van der Waals surface area contributed by atoms with Gasteiger partial charge in [-0.1, -0.05) is 30.3 Å². The summed E-state index contributed by atoms with van der Waals surface area (Å²) in [5.41, 5.74) is 0.393. The lowest BCUT2D eigenvalue weighted by molar-refractivity contribution is -0.158. The van der Waals surface area contributed by atoms with Gasteiger partial charge in [-0.3, -0.25) is 9.59 Å². The van der Waals surface area contributed by atoms with Crippen molar-refractivity contribution in [3.05, 3.63) is 35.9 Å². The Labute approximate surface area is 124 Å². The fourth-order valence-electron chi connectivity index (χ4n) is 2.20. The van der Waals surface area contributed by atoms with Crippen LogP contribution in [0.15, 0.2) is 30.3 Å². The van der Waals surface area contributed by atoms with Crippen LogP contribution in [0.1, 0.15) is 31.9 Å². The molecule has 1 atom stereocenters. The number of rotatable bonds is 6. The van der Waals surface area contributed by atoms with E-state index >= 15 is 0 Å². The van der Waals surface area contributed by atoms with E-state index in [0.29, 0.717) is 19.8 Å². The second-order valence-corrected chi connectivity index (χ2v) is 5.50. The third kappa shape index (κ3) is 3.82. The topological polar surface area (TPSA) is 64.6 Å². The average molecular weight is 291 g/mol. The summed E-state index contributed by atoms with van der Waals surface area (Å²) in [5.74, 6) is -0.409. The molecular formula is C16H21NO4. The standard InChI is InChI=1S/C16H21NO4/c1-3-21-14(18)9-13(12-7-5-4-6-8-12)17-15(19)16(2)10-20-11-16/h4-8,13H,3,9-11H2,1-2H3,(H,17,19). The van der Waals surface area contributed by atoms with Gasteiger partial charge in [-0.25, -0.2) is 0 Å². The largest absolute Gasteiger partial charge is 0.466 e. The molecule has 21 heavy (non-hydrogen) atoms. The predicted molar refractivity (Wildman–Crippen MR) is 77.5 cm³/mol. The van der Waals surface area contributed by atoms with E-state index in [0.717, 1.165) is 5.56 Å². The van der Waals surface area contributed by atoms with Crippen LogP contribution in [0, 0.1) is 5.41 Å². The zero-order valence-corrected chi connectivity index (χ0v) is 12.4. The number of nitrogens with one attached hydrogen (secondary N) is 1. The second kappa shape index (κ2) is 6.72. The Hall–Kier alpha value is -1.88. The van der Waals surface area contributed by atoms with Crippen molar-refractivity contribution in [3.8, 4) is 0 Å². The van der Waals surface area contributed by atoms with E-state index in [-0.39, 0.29) is 24.3 Å². The van der Waals surface area contributed by atoms with Gasteiger partial charge in [-0.05, 0) is 19.4 Å². The summed E-state index contributed by atoms with van der Waals surface area (Å²) in [5, 5.41) is 2.95. The van der Waals surface area contributed by atoms with E-state index in [1.165, 1.54) is 0 Å². The molecule has 1 saturated heterocycles. The molecule has 1 aromatic rings. The first-order valence-electron chi connectivity index (χ1n) is 7.14. The second-order valence-electron chi connectivity index (χ2n) is 5.50. The number of carbonyl (C=O) groups is 2. The SMILES string of the molecule is CCOC(=O)CC(NC(=O)C1(C)COC1)c1ccccc1. The van der Waals surface area contributed by atoms with E-state index in [9.17, 15) is 9.59 Å². The van der Waals surface area contributed by atoms with Crippen molar-refractivity contribution < 1.29 is 19.1 Å². The Morgan fingerprint density at radius 3 is 2.52 bits per heavy atom. The molecule has 5 nitrogen and oxygen atoms in total. The average Bonchev–Trinajstić information content (AvgIpc) is 2.45. The zero-order valence-electron chi connectivity index (χ0n) is 12.4. The van der Waals surface area contributed by atoms with Gasteiger partial charge in [0.25, 0.3) is 0 Å². The first kappa shape index (κ1) is 15.5. The highest BCUT2D eigenvalue weighted by molar-refractivity contribution is 5.84. The molecule has 1 N–H and O–H groups in total. The summed E-state index contributed by atoms with van der Waals surface area (Å²) in [6.07, 6.45) is 0.126. The maximum atomic E-state index is 12.3. The summed E-state index contributed by atoms with van der Waals surface area (Å²) in [7, 11) is 0. The van der Waals surface area contributed by atoms with Crippen molar-refractivity contribution in [3.63, 3.8) is 0 Å². The van der Waals surface area contributed by atoms with E-state index in [1.54, 1.807) is 6.92 Å².